The maximum atomic E-state index is 12.9. The molecule has 0 aliphatic carbocycles. The van der Waals surface area contributed by atoms with E-state index in [4.69, 9.17) is 10.5 Å². The van der Waals surface area contributed by atoms with E-state index >= 15 is 0 Å². The van der Waals surface area contributed by atoms with Crippen molar-refractivity contribution in [2.75, 3.05) is 55.3 Å². The van der Waals surface area contributed by atoms with E-state index in [0.717, 1.165) is 50.5 Å². The number of anilines is 3. The summed E-state index contributed by atoms with van der Waals surface area (Å²) in [5, 5.41) is 3.04. The molecule has 1 saturated heterocycles. The zero-order chi connectivity index (χ0) is 19.9. The molecular formula is C22H30N4O2. The van der Waals surface area contributed by atoms with Gasteiger partial charge in [-0.2, -0.15) is 0 Å². The minimum absolute atomic E-state index is 0.166. The summed E-state index contributed by atoms with van der Waals surface area (Å²) in [5.41, 5.74) is 8.95. The Morgan fingerprint density at radius 2 is 1.89 bits per heavy atom. The van der Waals surface area contributed by atoms with Gasteiger partial charge in [0, 0.05) is 37.4 Å². The van der Waals surface area contributed by atoms with Crippen LogP contribution in [0.5, 0.6) is 5.75 Å². The van der Waals surface area contributed by atoms with Gasteiger partial charge in [-0.05, 0) is 49.4 Å². The summed E-state index contributed by atoms with van der Waals surface area (Å²) in [5.74, 6) is 0.541. The van der Waals surface area contributed by atoms with E-state index < -0.39 is 0 Å². The van der Waals surface area contributed by atoms with Crippen molar-refractivity contribution in [1.82, 2.24) is 4.90 Å². The van der Waals surface area contributed by atoms with Crippen LogP contribution in [0.25, 0.3) is 0 Å². The van der Waals surface area contributed by atoms with E-state index in [1.54, 1.807) is 12.1 Å². The van der Waals surface area contributed by atoms with Gasteiger partial charge < -0.3 is 25.6 Å². The Kier molecular flexibility index (Phi) is 6.76. The maximum absolute atomic E-state index is 12.9. The van der Waals surface area contributed by atoms with Crippen LogP contribution in [0.4, 0.5) is 17.1 Å². The van der Waals surface area contributed by atoms with E-state index in [1.165, 1.54) is 0 Å². The van der Waals surface area contributed by atoms with Gasteiger partial charge in [0.25, 0.3) is 5.91 Å². The highest BCUT2D eigenvalue weighted by atomic mass is 16.5. The fourth-order valence-corrected chi connectivity index (χ4v) is 3.38. The number of ether oxygens (including phenoxy) is 1. The van der Waals surface area contributed by atoms with Crippen LogP contribution in [0.1, 0.15) is 30.6 Å². The number of rotatable bonds is 7. The molecule has 28 heavy (non-hydrogen) atoms. The second-order valence-electron chi connectivity index (χ2n) is 7.03. The quantitative estimate of drug-likeness (QED) is 0.718. The van der Waals surface area contributed by atoms with Crippen molar-refractivity contribution in [2.24, 2.45) is 0 Å². The first-order valence-corrected chi connectivity index (χ1v) is 10.0. The van der Waals surface area contributed by atoms with Crippen molar-refractivity contribution in [1.29, 1.82) is 0 Å². The fraction of sp³-hybridized carbons (Fsp3) is 0.409. The molecule has 1 fully saturated rings. The van der Waals surface area contributed by atoms with Gasteiger partial charge in [0.15, 0.2) is 0 Å². The molecule has 0 bridgehead atoms. The number of nitrogens with one attached hydrogen (secondary N) is 1. The molecule has 0 atom stereocenters. The third kappa shape index (κ3) is 4.95. The van der Waals surface area contributed by atoms with Gasteiger partial charge in [0.1, 0.15) is 5.75 Å². The molecule has 150 valence electrons. The van der Waals surface area contributed by atoms with Crippen LogP contribution in [-0.4, -0.2) is 50.1 Å². The third-order valence-corrected chi connectivity index (χ3v) is 5.00. The highest BCUT2D eigenvalue weighted by Gasteiger charge is 2.19. The van der Waals surface area contributed by atoms with Crippen molar-refractivity contribution in [3.8, 4) is 5.75 Å². The van der Waals surface area contributed by atoms with Crippen molar-refractivity contribution in [3.63, 3.8) is 0 Å². The van der Waals surface area contributed by atoms with Crippen LogP contribution in [0.2, 0.25) is 0 Å². The lowest BCUT2D eigenvalue weighted by Gasteiger charge is -2.36. The Labute approximate surface area is 167 Å². The van der Waals surface area contributed by atoms with Crippen molar-refractivity contribution in [2.45, 2.75) is 20.3 Å². The van der Waals surface area contributed by atoms with Gasteiger partial charge in [-0.15, -0.1) is 0 Å². The molecule has 1 aliphatic heterocycles. The number of nitrogen functional groups attached to an aromatic ring is 1. The molecular weight excluding hydrogens is 352 g/mol. The van der Waals surface area contributed by atoms with Crippen LogP contribution in [-0.2, 0) is 0 Å². The number of nitrogens with zero attached hydrogens (tertiary/aromatic N) is 2. The first kappa shape index (κ1) is 20.0. The molecule has 0 saturated carbocycles. The van der Waals surface area contributed by atoms with Gasteiger partial charge in [-0.1, -0.05) is 19.9 Å². The second kappa shape index (κ2) is 9.46. The molecule has 1 amide bonds. The predicted molar refractivity (Wildman–Crippen MR) is 115 cm³/mol. The summed E-state index contributed by atoms with van der Waals surface area (Å²) in [4.78, 5) is 17.6. The zero-order valence-electron chi connectivity index (χ0n) is 16.8. The van der Waals surface area contributed by atoms with E-state index in [1.807, 2.05) is 30.3 Å². The van der Waals surface area contributed by atoms with Crippen LogP contribution in [0, 0.1) is 0 Å². The summed E-state index contributed by atoms with van der Waals surface area (Å²) in [6.07, 6.45) is 0.925. The molecule has 2 aromatic rings. The highest BCUT2D eigenvalue weighted by Crippen LogP contribution is 2.30. The van der Waals surface area contributed by atoms with Gasteiger partial charge >= 0.3 is 0 Å². The Morgan fingerprint density at radius 3 is 2.61 bits per heavy atom. The van der Waals surface area contributed by atoms with Crippen LogP contribution in [0.15, 0.2) is 42.5 Å². The number of likely N-dealkylation sites (N-methyl/N-ethyl adjacent to an activating group) is 1. The third-order valence-electron chi connectivity index (χ3n) is 5.00. The number of hydrogen-bond donors (Lipinski definition) is 2. The smallest absolute Gasteiger partial charge is 0.255 e. The number of amides is 1. The number of piperazine rings is 1. The Bertz CT molecular complexity index is 801. The number of carbonyl (C=O) groups excluding carboxylic acids is 1. The first-order valence-electron chi connectivity index (χ1n) is 10.0. The minimum Gasteiger partial charge on any atom is -0.494 e. The topological polar surface area (TPSA) is 70.8 Å². The number of hydrogen-bond acceptors (Lipinski definition) is 5. The highest BCUT2D eigenvalue weighted by molar-refractivity contribution is 6.06. The number of benzene rings is 2. The molecule has 2 aromatic carbocycles. The molecule has 0 spiro atoms. The lowest BCUT2D eigenvalue weighted by atomic mass is 10.1. The van der Waals surface area contributed by atoms with E-state index in [2.05, 4.69) is 29.0 Å². The lowest BCUT2D eigenvalue weighted by molar-refractivity contribution is 0.102. The van der Waals surface area contributed by atoms with Gasteiger partial charge in [0.05, 0.1) is 18.0 Å². The minimum atomic E-state index is -0.166. The van der Waals surface area contributed by atoms with Crippen LogP contribution < -0.4 is 20.7 Å². The predicted octanol–water partition coefficient (Wildman–Crippen LogP) is 3.45. The molecule has 3 rings (SSSR count). The maximum Gasteiger partial charge on any atom is 0.255 e. The molecule has 6 heteroatoms. The molecule has 3 N–H and O–H groups in total. The van der Waals surface area contributed by atoms with E-state index in [0.29, 0.717) is 23.6 Å². The van der Waals surface area contributed by atoms with E-state index in [9.17, 15) is 4.79 Å². The normalized spacial score (nSPS) is 14.7. The van der Waals surface area contributed by atoms with Crippen molar-refractivity contribution in [3.05, 3.63) is 48.0 Å². The molecule has 0 unspecified atom stereocenters. The van der Waals surface area contributed by atoms with Crippen LogP contribution >= 0.6 is 0 Å². The summed E-state index contributed by atoms with van der Waals surface area (Å²) < 4.78 is 5.64. The van der Waals surface area contributed by atoms with Gasteiger partial charge in [0.2, 0.25) is 0 Å². The first-order chi connectivity index (χ1) is 13.6. The van der Waals surface area contributed by atoms with Crippen LogP contribution in [0.3, 0.4) is 0 Å². The SMILES string of the molecule is CCCOc1cccc(C(=O)Nc2cc(N)ccc2N2CCN(CC)CC2)c1. The Hall–Kier alpha value is -2.73. The number of carbonyl (C=O) groups is 1. The summed E-state index contributed by atoms with van der Waals surface area (Å²) >= 11 is 0. The van der Waals surface area contributed by atoms with E-state index in [-0.39, 0.29) is 5.91 Å². The summed E-state index contributed by atoms with van der Waals surface area (Å²) in [6, 6.07) is 13.0. The molecule has 0 radical (unpaired) electrons. The summed E-state index contributed by atoms with van der Waals surface area (Å²) in [7, 11) is 0. The molecule has 6 nitrogen and oxygen atoms in total. The molecule has 1 heterocycles. The fourth-order valence-electron chi connectivity index (χ4n) is 3.38. The average molecular weight is 383 g/mol. The Morgan fingerprint density at radius 1 is 1.11 bits per heavy atom. The monoisotopic (exact) mass is 382 g/mol. The zero-order valence-corrected chi connectivity index (χ0v) is 16.8. The Balaban J connectivity index is 1.76. The van der Waals surface area contributed by atoms with Gasteiger partial charge in [-0.25, -0.2) is 0 Å². The second-order valence-corrected chi connectivity index (χ2v) is 7.03. The molecule has 1 aliphatic rings. The molecule has 0 aromatic heterocycles. The largest absolute Gasteiger partial charge is 0.494 e. The lowest BCUT2D eigenvalue weighted by Crippen LogP contribution is -2.46. The summed E-state index contributed by atoms with van der Waals surface area (Å²) in [6.45, 7) is 9.84. The standard InChI is InChI=1S/C22H30N4O2/c1-3-14-28-19-7-5-6-17(15-19)22(27)24-20-16-18(23)8-9-21(20)26-12-10-25(4-2)11-13-26/h5-9,15-16H,3-4,10-14,23H2,1-2H3,(H,24,27). The van der Waals surface area contributed by atoms with Gasteiger partial charge in [-0.3, -0.25) is 4.79 Å². The van der Waals surface area contributed by atoms with Crippen molar-refractivity contribution >= 4 is 23.0 Å². The average Bonchev–Trinajstić information content (AvgIpc) is 2.73. The number of nitrogens with two attached hydrogens (primary N) is 1. The van der Waals surface area contributed by atoms with Crippen molar-refractivity contribution < 1.29 is 9.53 Å².